The Kier molecular flexibility index (Phi) is 12.7. The zero-order valence-electron chi connectivity index (χ0n) is 17.2. The lowest BCUT2D eigenvalue weighted by molar-refractivity contribution is 0.0646. The van der Waals surface area contributed by atoms with E-state index in [0.29, 0.717) is 19.8 Å². The molecule has 0 amide bonds. The molecule has 1 fully saturated rings. The zero-order valence-corrected chi connectivity index (χ0v) is 19.5. The van der Waals surface area contributed by atoms with Crippen molar-refractivity contribution < 1.29 is 14.6 Å². The Balaban J connectivity index is 0.00000392. The van der Waals surface area contributed by atoms with Gasteiger partial charge in [0, 0.05) is 38.3 Å². The molecule has 7 heteroatoms. The minimum atomic E-state index is -0.0225. The summed E-state index contributed by atoms with van der Waals surface area (Å²) < 4.78 is 11.5. The third-order valence-electron chi connectivity index (χ3n) is 4.99. The van der Waals surface area contributed by atoms with Crippen molar-refractivity contribution >= 4 is 29.9 Å². The SMILES string of the molecule is CCNC(=NCC1(CCO)CCOC1)NCCCOC(C)c1ccccc1.I. The van der Waals surface area contributed by atoms with E-state index in [1.807, 2.05) is 18.2 Å². The number of guanidine groups is 1. The second-order valence-corrected chi connectivity index (χ2v) is 7.18. The molecular weight excluding hydrogens is 469 g/mol. The molecule has 0 radical (unpaired) electrons. The van der Waals surface area contributed by atoms with Crippen LogP contribution in [0.25, 0.3) is 0 Å². The van der Waals surface area contributed by atoms with Crippen molar-refractivity contribution in [2.75, 3.05) is 46.1 Å². The number of hydrogen-bond acceptors (Lipinski definition) is 4. The van der Waals surface area contributed by atoms with Gasteiger partial charge in [0.25, 0.3) is 0 Å². The number of benzene rings is 1. The average molecular weight is 505 g/mol. The first-order valence-corrected chi connectivity index (χ1v) is 10.1. The Labute approximate surface area is 186 Å². The van der Waals surface area contributed by atoms with Crippen LogP contribution >= 0.6 is 24.0 Å². The van der Waals surface area contributed by atoms with E-state index in [-0.39, 0.29) is 42.1 Å². The Bertz CT molecular complexity index is 551. The number of ether oxygens (including phenoxy) is 2. The van der Waals surface area contributed by atoms with Crippen LogP contribution in [0, 0.1) is 5.41 Å². The van der Waals surface area contributed by atoms with E-state index < -0.39 is 0 Å². The van der Waals surface area contributed by atoms with E-state index in [4.69, 9.17) is 14.5 Å². The number of aliphatic imine (C=N–C) groups is 1. The summed E-state index contributed by atoms with van der Waals surface area (Å²) in [5, 5.41) is 16.0. The quantitative estimate of drug-likeness (QED) is 0.187. The van der Waals surface area contributed by atoms with Crippen LogP contribution in [0.3, 0.4) is 0 Å². The number of rotatable bonds is 11. The maximum Gasteiger partial charge on any atom is 0.191 e. The van der Waals surface area contributed by atoms with Gasteiger partial charge in [0.2, 0.25) is 0 Å². The predicted octanol–water partition coefficient (Wildman–Crippen LogP) is 3.12. The van der Waals surface area contributed by atoms with Crippen molar-refractivity contribution in [1.82, 2.24) is 10.6 Å². The standard InChI is InChI=1S/C21H35N3O3.HI/c1-3-22-20(24-16-21(10-13-25)11-15-26-17-21)23-12-7-14-27-18(2)19-8-5-4-6-9-19;/h4-6,8-9,18,25H,3,7,10-17H2,1-2H3,(H2,22,23,24);1H. The Hall–Kier alpha value is -0.900. The summed E-state index contributed by atoms with van der Waals surface area (Å²) in [7, 11) is 0. The molecule has 0 saturated carbocycles. The molecular formula is C21H36IN3O3. The smallest absolute Gasteiger partial charge is 0.191 e. The first kappa shape index (κ1) is 25.1. The number of nitrogens with zero attached hydrogens (tertiary/aromatic N) is 1. The van der Waals surface area contributed by atoms with Gasteiger partial charge in [-0.1, -0.05) is 30.3 Å². The van der Waals surface area contributed by atoms with Crippen LogP contribution in [0.15, 0.2) is 35.3 Å². The average Bonchev–Trinajstić information content (AvgIpc) is 3.15. The fraction of sp³-hybridized carbons (Fsp3) is 0.667. The zero-order chi connectivity index (χ0) is 19.4. The molecule has 1 saturated heterocycles. The normalized spacial score (nSPS) is 20.5. The minimum absolute atomic E-state index is 0. The van der Waals surface area contributed by atoms with Gasteiger partial charge in [-0.15, -0.1) is 24.0 Å². The lowest BCUT2D eigenvalue weighted by atomic mass is 9.84. The fourth-order valence-electron chi connectivity index (χ4n) is 3.24. The molecule has 1 aromatic carbocycles. The van der Waals surface area contributed by atoms with E-state index in [0.717, 1.165) is 44.9 Å². The molecule has 6 nitrogen and oxygen atoms in total. The summed E-state index contributed by atoms with van der Waals surface area (Å²) >= 11 is 0. The van der Waals surface area contributed by atoms with E-state index in [9.17, 15) is 5.11 Å². The lowest BCUT2D eigenvalue weighted by Crippen LogP contribution is -2.39. The number of nitrogens with one attached hydrogen (secondary N) is 2. The van der Waals surface area contributed by atoms with Crippen molar-refractivity contribution in [2.45, 2.75) is 39.2 Å². The summed E-state index contributed by atoms with van der Waals surface area (Å²) in [6.45, 7) is 8.75. The van der Waals surface area contributed by atoms with Gasteiger partial charge in [0.05, 0.1) is 19.3 Å². The first-order valence-electron chi connectivity index (χ1n) is 10.1. The Morgan fingerprint density at radius 1 is 1.32 bits per heavy atom. The molecule has 0 bridgehead atoms. The molecule has 2 atom stereocenters. The van der Waals surface area contributed by atoms with Crippen molar-refractivity contribution in [2.24, 2.45) is 10.4 Å². The van der Waals surface area contributed by atoms with Crippen molar-refractivity contribution in [3.05, 3.63) is 35.9 Å². The van der Waals surface area contributed by atoms with Crippen molar-refractivity contribution in [1.29, 1.82) is 0 Å². The molecule has 1 heterocycles. The second kappa shape index (κ2) is 14.1. The van der Waals surface area contributed by atoms with E-state index in [1.54, 1.807) is 0 Å². The molecule has 1 aliphatic heterocycles. The molecule has 3 N–H and O–H groups in total. The summed E-state index contributed by atoms with van der Waals surface area (Å²) in [4.78, 5) is 4.73. The second-order valence-electron chi connectivity index (χ2n) is 7.18. The third kappa shape index (κ3) is 8.63. The van der Waals surface area contributed by atoms with Gasteiger partial charge in [-0.05, 0) is 38.7 Å². The first-order chi connectivity index (χ1) is 13.2. The molecule has 1 aromatic rings. The monoisotopic (exact) mass is 505 g/mol. The van der Waals surface area contributed by atoms with Gasteiger partial charge >= 0.3 is 0 Å². The molecule has 0 spiro atoms. The molecule has 0 aliphatic carbocycles. The highest BCUT2D eigenvalue weighted by Gasteiger charge is 2.34. The Morgan fingerprint density at radius 2 is 2.11 bits per heavy atom. The van der Waals surface area contributed by atoms with Gasteiger partial charge in [0.1, 0.15) is 0 Å². The van der Waals surface area contributed by atoms with Crippen LogP contribution in [0.2, 0.25) is 0 Å². The highest BCUT2D eigenvalue weighted by atomic mass is 127. The lowest BCUT2D eigenvalue weighted by Gasteiger charge is -2.24. The summed E-state index contributed by atoms with van der Waals surface area (Å²) in [6, 6.07) is 10.3. The van der Waals surface area contributed by atoms with Crippen LogP contribution in [0.4, 0.5) is 0 Å². The van der Waals surface area contributed by atoms with Crippen LogP contribution in [0.1, 0.15) is 44.8 Å². The Morgan fingerprint density at radius 3 is 2.75 bits per heavy atom. The van der Waals surface area contributed by atoms with Crippen LogP contribution in [-0.2, 0) is 9.47 Å². The number of hydrogen-bond donors (Lipinski definition) is 3. The summed E-state index contributed by atoms with van der Waals surface area (Å²) in [5.41, 5.74) is 1.18. The van der Waals surface area contributed by atoms with Gasteiger partial charge in [-0.3, -0.25) is 4.99 Å². The van der Waals surface area contributed by atoms with Crippen LogP contribution in [0.5, 0.6) is 0 Å². The largest absolute Gasteiger partial charge is 0.396 e. The number of aliphatic hydroxyl groups excluding tert-OH is 1. The molecule has 0 aromatic heterocycles. The maximum absolute atomic E-state index is 9.34. The van der Waals surface area contributed by atoms with Gasteiger partial charge in [0.15, 0.2) is 5.96 Å². The van der Waals surface area contributed by atoms with Crippen molar-refractivity contribution in [3.8, 4) is 0 Å². The fourth-order valence-corrected chi connectivity index (χ4v) is 3.24. The maximum atomic E-state index is 9.34. The predicted molar refractivity (Wildman–Crippen MR) is 124 cm³/mol. The number of halogens is 1. The highest BCUT2D eigenvalue weighted by molar-refractivity contribution is 14.0. The summed E-state index contributed by atoms with van der Waals surface area (Å²) in [6.07, 6.45) is 2.71. The molecule has 160 valence electrons. The topological polar surface area (TPSA) is 75.1 Å². The molecule has 1 aliphatic rings. The molecule has 28 heavy (non-hydrogen) atoms. The van der Waals surface area contributed by atoms with Gasteiger partial charge in [-0.2, -0.15) is 0 Å². The summed E-state index contributed by atoms with van der Waals surface area (Å²) in [5.74, 6) is 0.817. The van der Waals surface area contributed by atoms with Crippen LogP contribution < -0.4 is 10.6 Å². The third-order valence-corrected chi connectivity index (χ3v) is 4.99. The van der Waals surface area contributed by atoms with E-state index in [1.165, 1.54) is 5.56 Å². The van der Waals surface area contributed by atoms with Crippen LogP contribution in [-0.4, -0.2) is 57.1 Å². The highest BCUT2D eigenvalue weighted by Crippen LogP contribution is 2.32. The molecule has 2 rings (SSSR count). The number of aliphatic hydroxyl groups is 1. The van der Waals surface area contributed by atoms with E-state index in [2.05, 4.69) is 36.6 Å². The molecule has 2 unspecified atom stereocenters. The van der Waals surface area contributed by atoms with Gasteiger partial charge in [-0.25, -0.2) is 0 Å². The minimum Gasteiger partial charge on any atom is -0.396 e. The van der Waals surface area contributed by atoms with E-state index >= 15 is 0 Å². The van der Waals surface area contributed by atoms with Gasteiger partial charge < -0.3 is 25.2 Å². The van der Waals surface area contributed by atoms with Crippen molar-refractivity contribution in [3.63, 3.8) is 0 Å².